The van der Waals surface area contributed by atoms with Crippen LogP contribution >= 0.6 is 11.3 Å². The number of hydrogen-bond acceptors (Lipinski definition) is 3. The van der Waals surface area contributed by atoms with Gasteiger partial charge in [-0.1, -0.05) is 0 Å². The molecule has 1 atom stereocenters. The molecule has 1 unspecified atom stereocenters. The summed E-state index contributed by atoms with van der Waals surface area (Å²) < 4.78 is 11.3. The Morgan fingerprint density at radius 3 is 2.69 bits per heavy atom. The van der Waals surface area contributed by atoms with Crippen molar-refractivity contribution in [2.45, 2.75) is 38.8 Å². The lowest BCUT2D eigenvalue weighted by atomic mass is 10.1. The van der Waals surface area contributed by atoms with Gasteiger partial charge in [0.25, 0.3) is 0 Å². The molecule has 90 valence electrons. The van der Waals surface area contributed by atoms with Crippen LogP contribution in [0.15, 0.2) is 12.1 Å². The van der Waals surface area contributed by atoms with Gasteiger partial charge in [-0.05, 0) is 38.8 Å². The second-order valence-corrected chi connectivity index (χ2v) is 7.47. The summed E-state index contributed by atoms with van der Waals surface area (Å²) in [6.45, 7) is 4.36. The predicted octanol–water partition coefficient (Wildman–Crippen LogP) is 2.62. The molecule has 16 heavy (non-hydrogen) atoms. The maximum Gasteiger partial charge on any atom is 0.0388 e. The van der Waals surface area contributed by atoms with Crippen LogP contribution in [-0.4, -0.2) is 21.8 Å². The van der Waals surface area contributed by atoms with Crippen LogP contribution in [0.1, 0.15) is 35.6 Å². The molecule has 2 heterocycles. The first-order chi connectivity index (χ1) is 7.65. The Bertz CT molecular complexity index is 365. The van der Waals surface area contributed by atoms with E-state index in [9.17, 15) is 4.21 Å². The summed E-state index contributed by atoms with van der Waals surface area (Å²) in [4.78, 5) is 2.78. The monoisotopic (exact) mass is 257 g/mol. The molecule has 1 fully saturated rings. The van der Waals surface area contributed by atoms with Gasteiger partial charge in [-0.15, -0.1) is 11.3 Å². The molecule has 0 spiro atoms. The Labute approximate surface area is 104 Å². The molecule has 1 aliphatic rings. The second kappa shape index (κ2) is 5.43. The summed E-state index contributed by atoms with van der Waals surface area (Å²) >= 11 is 1.86. The van der Waals surface area contributed by atoms with Crippen LogP contribution < -0.4 is 5.32 Å². The number of nitrogens with one attached hydrogen (secondary N) is 1. The molecule has 1 saturated heterocycles. The van der Waals surface area contributed by atoms with E-state index in [-0.39, 0.29) is 0 Å². The largest absolute Gasteiger partial charge is 0.307 e. The fraction of sp³-hybridized carbons (Fsp3) is 0.667. The lowest BCUT2D eigenvalue weighted by Gasteiger charge is -2.25. The molecule has 1 aromatic heterocycles. The van der Waals surface area contributed by atoms with Gasteiger partial charge in [-0.3, -0.25) is 4.21 Å². The van der Waals surface area contributed by atoms with Crippen LogP contribution in [0.3, 0.4) is 0 Å². The fourth-order valence-corrected chi connectivity index (χ4v) is 4.27. The molecule has 0 aromatic carbocycles. The highest BCUT2D eigenvalue weighted by molar-refractivity contribution is 7.85. The van der Waals surface area contributed by atoms with Crippen molar-refractivity contribution in [2.75, 3.05) is 11.5 Å². The molecule has 2 nitrogen and oxygen atoms in total. The van der Waals surface area contributed by atoms with Crippen LogP contribution in [0.25, 0.3) is 0 Å². The van der Waals surface area contributed by atoms with E-state index in [0.29, 0.717) is 12.1 Å². The Kier molecular flexibility index (Phi) is 4.16. The van der Waals surface area contributed by atoms with Crippen molar-refractivity contribution < 1.29 is 4.21 Å². The topological polar surface area (TPSA) is 29.1 Å². The summed E-state index contributed by atoms with van der Waals surface area (Å²) in [5.41, 5.74) is 0. The minimum Gasteiger partial charge on any atom is -0.307 e. The smallest absolute Gasteiger partial charge is 0.0388 e. The average Bonchev–Trinajstić information content (AvgIpc) is 2.68. The maximum atomic E-state index is 11.3. The van der Waals surface area contributed by atoms with Gasteiger partial charge in [-0.2, -0.15) is 0 Å². The minimum absolute atomic E-state index is 0.426. The van der Waals surface area contributed by atoms with E-state index in [4.69, 9.17) is 0 Å². The summed E-state index contributed by atoms with van der Waals surface area (Å²) in [5.74, 6) is 1.74. The molecule has 2 rings (SSSR count). The summed E-state index contributed by atoms with van der Waals surface area (Å²) in [5, 5.41) is 3.64. The molecular formula is C12H19NOS2. The number of thiophene rings is 1. The van der Waals surface area contributed by atoms with Crippen LogP contribution in [-0.2, 0) is 10.8 Å². The third kappa shape index (κ3) is 3.15. The first-order valence-corrected chi connectivity index (χ1v) is 8.13. The number of aryl methyl sites for hydroxylation is 1. The number of hydrogen-bond donors (Lipinski definition) is 1. The third-order valence-electron chi connectivity index (χ3n) is 3.06. The van der Waals surface area contributed by atoms with Crippen LogP contribution in [0.4, 0.5) is 0 Å². The zero-order chi connectivity index (χ0) is 11.5. The van der Waals surface area contributed by atoms with Gasteiger partial charge >= 0.3 is 0 Å². The first kappa shape index (κ1) is 12.3. The van der Waals surface area contributed by atoms with Gasteiger partial charge in [0.2, 0.25) is 0 Å². The Morgan fingerprint density at radius 1 is 1.44 bits per heavy atom. The van der Waals surface area contributed by atoms with E-state index in [2.05, 4.69) is 31.3 Å². The molecule has 0 aliphatic carbocycles. The molecule has 1 aliphatic heterocycles. The molecule has 0 saturated carbocycles. The van der Waals surface area contributed by atoms with Crippen LogP contribution in [0, 0.1) is 6.92 Å². The highest BCUT2D eigenvalue weighted by atomic mass is 32.2. The van der Waals surface area contributed by atoms with Crippen molar-refractivity contribution in [3.05, 3.63) is 21.9 Å². The van der Waals surface area contributed by atoms with Gasteiger partial charge in [0.1, 0.15) is 0 Å². The van der Waals surface area contributed by atoms with Crippen molar-refractivity contribution in [1.82, 2.24) is 5.32 Å². The van der Waals surface area contributed by atoms with E-state index in [1.165, 1.54) is 9.75 Å². The predicted molar refractivity (Wildman–Crippen MR) is 71.5 cm³/mol. The van der Waals surface area contributed by atoms with Gasteiger partial charge in [-0.25, -0.2) is 0 Å². The Balaban J connectivity index is 1.87. The summed E-state index contributed by atoms with van der Waals surface area (Å²) in [6.07, 6.45) is 2.11. The molecular weight excluding hydrogens is 238 g/mol. The van der Waals surface area contributed by atoms with E-state index in [1.807, 2.05) is 11.3 Å². The standard InChI is InChI=1S/C12H19NOS2/c1-9-3-4-12(15-9)10(2)13-11-5-7-16(14)8-6-11/h3-4,10-11,13H,5-8H2,1-2H3. The highest BCUT2D eigenvalue weighted by Crippen LogP contribution is 2.24. The van der Waals surface area contributed by atoms with Crippen molar-refractivity contribution in [3.8, 4) is 0 Å². The lowest BCUT2D eigenvalue weighted by Crippen LogP contribution is -2.36. The minimum atomic E-state index is -0.553. The normalized spacial score (nSPS) is 27.9. The summed E-state index contributed by atoms with van der Waals surface area (Å²) in [6, 6.07) is 5.36. The van der Waals surface area contributed by atoms with Gasteiger partial charge in [0.05, 0.1) is 0 Å². The Hall–Kier alpha value is -0.190. The van der Waals surface area contributed by atoms with Gasteiger partial charge < -0.3 is 5.32 Å². The van der Waals surface area contributed by atoms with Crippen LogP contribution in [0.2, 0.25) is 0 Å². The SMILES string of the molecule is Cc1ccc(C(C)NC2CCS(=O)CC2)s1. The first-order valence-electron chi connectivity index (χ1n) is 5.82. The third-order valence-corrected chi connectivity index (χ3v) is 5.63. The molecule has 0 amide bonds. The van der Waals surface area contributed by atoms with Crippen LogP contribution in [0.5, 0.6) is 0 Å². The maximum absolute atomic E-state index is 11.3. The van der Waals surface area contributed by atoms with E-state index in [1.54, 1.807) is 0 Å². The van der Waals surface area contributed by atoms with Crippen molar-refractivity contribution in [1.29, 1.82) is 0 Å². The zero-order valence-electron chi connectivity index (χ0n) is 9.86. The second-order valence-electron chi connectivity index (χ2n) is 4.46. The fourth-order valence-electron chi connectivity index (χ4n) is 2.08. The molecule has 1 aromatic rings. The molecule has 4 heteroatoms. The zero-order valence-corrected chi connectivity index (χ0v) is 11.5. The van der Waals surface area contributed by atoms with Crippen molar-refractivity contribution >= 4 is 22.1 Å². The van der Waals surface area contributed by atoms with E-state index in [0.717, 1.165) is 24.3 Å². The van der Waals surface area contributed by atoms with Crippen molar-refractivity contribution in [3.63, 3.8) is 0 Å². The average molecular weight is 257 g/mol. The molecule has 1 N–H and O–H groups in total. The van der Waals surface area contributed by atoms with Gasteiger partial charge in [0, 0.05) is 44.1 Å². The van der Waals surface area contributed by atoms with Crippen molar-refractivity contribution in [2.24, 2.45) is 0 Å². The quantitative estimate of drug-likeness (QED) is 0.902. The van der Waals surface area contributed by atoms with E-state index >= 15 is 0 Å². The molecule has 0 bridgehead atoms. The lowest BCUT2D eigenvalue weighted by molar-refractivity contribution is 0.430. The number of rotatable bonds is 3. The van der Waals surface area contributed by atoms with E-state index < -0.39 is 10.8 Å². The molecule has 0 radical (unpaired) electrons. The van der Waals surface area contributed by atoms with Gasteiger partial charge in [0.15, 0.2) is 0 Å². The Morgan fingerprint density at radius 2 is 2.12 bits per heavy atom. The summed E-state index contributed by atoms with van der Waals surface area (Å²) in [7, 11) is -0.553. The highest BCUT2D eigenvalue weighted by Gasteiger charge is 2.20.